The fraction of sp³-hybridized carbons (Fsp3) is 0.385. The Morgan fingerprint density at radius 1 is 1.44 bits per heavy atom. The van der Waals surface area contributed by atoms with Crippen LogP contribution in [0.15, 0.2) is 29.0 Å². The van der Waals surface area contributed by atoms with Gasteiger partial charge >= 0.3 is 5.97 Å². The van der Waals surface area contributed by atoms with E-state index >= 15 is 0 Å². The number of ether oxygens (including phenoxy) is 1. The van der Waals surface area contributed by atoms with Crippen LogP contribution in [0.3, 0.4) is 0 Å². The van der Waals surface area contributed by atoms with Gasteiger partial charge in [-0.3, -0.25) is 9.59 Å². The molecule has 0 saturated heterocycles. The molecule has 98 valence electrons. The van der Waals surface area contributed by atoms with Crippen molar-refractivity contribution in [3.8, 4) is 0 Å². The topological polar surface area (TPSA) is 55.4 Å². The van der Waals surface area contributed by atoms with Crippen LogP contribution in [0, 0.1) is 0 Å². The molecule has 1 rings (SSSR count). The van der Waals surface area contributed by atoms with E-state index in [0.29, 0.717) is 18.7 Å². The summed E-state index contributed by atoms with van der Waals surface area (Å²) in [7, 11) is 0. The van der Waals surface area contributed by atoms with Gasteiger partial charge in [0.25, 0.3) is 5.91 Å². The lowest BCUT2D eigenvalue weighted by Crippen LogP contribution is -2.26. The Labute approximate surface area is 111 Å². The SMILES string of the molecule is CCC=CCOC(=O)CCNC(=O)c1ccsc1. The summed E-state index contributed by atoms with van der Waals surface area (Å²) in [4.78, 5) is 22.8. The molecule has 18 heavy (non-hydrogen) atoms. The molecule has 0 saturated carbocycles. The highest BCUT2D eigenvalue weighted by molar-refractivity contribution is 7.08. The number of amides is 1. The fourth-order valence-electron chi connectivity index (χ4n) is 1.22. The first-order valence-corrected chi connectivity index (χ1v) is 6.79. The van der Waals surface area contributed by atoms with E-state index in [0.717, 1.165) is 6.42 Å². The normalized spacial score (nSPS) is 10.5. The molecule has 1 amide bonds. The molecule has 0 aliphatic carbocycles. The van der Waals surface area contributed by atoms with Crippen molar-refractivity contribution in [2.24, 2.45) is 0 Å². The Bertz CT molecular complexity index is 398. The molecule has 4 nitrogen and oxygen atoms in total. The first-order chi connectivity index (χ1) is 8.74. The third-order valence-corrected chi connectivity index (χ3v) is 2.82. The predicted molar refractivity (Wildman–Crippen MR) is 71.7 cm³/mol. The van der Waals surface area contributed by atoms with Gasteiger partial charge in [-0.05, 0) is 17.9 Å². The molecule has 0 aromatic carbocycles. The molecule has 0 atom stereocenters. The van der Waals surface area contributed by atoms with Crippen LogP contribution >= 0.6 is 11.3 Å². The first kappa shape index (κ1) is 14.4. The maximum Gasteiger partial charge on any atom is 0.307 e. The number of nitrogens with one attached hydrogen (secondary N) is 1. The zero-order valence-corrected chi connectivity index (χ0v) is 11.2. The van der Waals surface area contributed by atoms with Crippen LogP contribution in [-0.2, 0) is 9.53 Å². The highest BCUT2D eigenvalue weighted by Crippen LogP contribution is 2.05. The Hall–Kier alpha value is -1.62. The number of carbonyl (C=O) groups excluding carboxylic acids is 2. The van der Waals surface area contributed by atoms with Gasteiger partial charge in [0, 0.05) is 17.5 Å². The van der Waals surface area contributed by atoms with Crippen LogP contribution in [0.5, 0.6) is 0 Å². The lowest BCUT2D eigenvalue weighted by atomic mass is 10.3. The zero-order chi connectivity index (χ0) is 13.2. The molecule has 5 heteroatoms. The summed E-state index contributed by atoms with van der Waals surface area (Å²) in [6.07, 6.45) is 4.86. The van der Waals surface area contributed by atoms with E-state index in [-0.39, 0.29) is 18.3 Å². The number of thiophene rings is 1. The average molecular weight is 267 g/mol. The number of esters is 1. The number of rotatable bonds is 7. The van der Waals surface area contributed by atoms with Crippen LogP contribution in [0.25, 0.3) is 0 Å². The Morgan fingerprint density at radius 3 is 2.94 bits per heavy atom. The van der Waals surface area contributed by atoms with E-state index in [1.165, 1.54) is 11.3 Å². The molecule has 0 aliphatic heterocycles. The van der Waals surface area contributed by atoms with E-state index in [4.69, 9.17) is 4.74 Å². The van der Waals surface area contributed by atoms with Crippen LogP contribution in [0.2, 0.25) is 0 Å². The molecule has 0 unspecified atom stereocenters. The van der Waals surface area contributed by atoms with Crippen LogP contribution in [0.4, 0.5) is 0 Å². The van der Waals surface area contributed by atoms with Crippen LogP contribution < -0.4 is 5.32 Å². The molecule has 0 bridgehead atoms. The van der Waals surface area contributed by atoms with Gasteiger partial charge in [-0.15, -0.1) is 0 Å². The third kappa shape index (κ3) is 5.63. The lowest BCUT2D eigenvalue weighted by molar-refractivity contribution is -0.142. The van der Waals surface area contributed by atoms with Crippen LogP contribution in [-0.4, -0.2) is 25.0 Å². The van der Waals surface area contributed by atoms with Crippen LogP contribution in [0.1, 0.15) is 30.1 Å². The summed E-state index contributed by atoms with van der Waals surface area (Å²) in [5.74, 6) is -0.462. The Balaban J connectivity index is 2.12. The van der Waals surface area contributed by atoms with Gasteiger partial charge in [0.05, 0.1) is 6.42 Å². The minimum Gasteiger partial charge on any atom is -0.461 e. The molecule has 0 radical (unpaired) electrons. The minimum absolute atomic E-state index is 0.157. The van der Waals surface area contributed by atoms with Crippen molar-refractivity contribution in [3.63, 3.8) is 0 Å². The lowest BCUT2D eigenvalue weighted by Gasteiger charge is -2.03. The van der Waals surface area contributed by atoms with Crippen molar-refractivity contribution in [2.45, 2.75) is 19.8 Å². The summed E-state index contributed by atoms with van der Waals surface area (Å²) >= 11 is 1.46. The molecule has 1 aromatic heterocycles. The Morgan fingerprint density at radius 2 is 2.28 bits per heavy atom. The minimum atomic E-state index is -0.304. The molecule has 0 aliphatic rings. The van der Waals surface area contributed by atoms with E-state index in [1.54, 1.807) is 11.4 Å². The second-order valence-electron chi connectivity index (χ2n) is 3.58. The van der Waals surface area contributed by atoms with E-state index < -0.39 is 0 Å². The second-order valence-corrected chi connectivity index (χ2v) is 4.36. The molecule has 0 spiro atoms. The van der Waals surface area contributed by atoms with E-state index in [1.807, 2.05) is 24.5 Å². The number of carbonyl (C=O) groups is 2. The predicted octanol–water partition coefficient (Wildman–Crippen LogP) is 2.38. The van der Waals surface area contributed by atoms with E-state index in [9.17, 15) is 9.59 Å². The fourth-order valence-corrected chi connectivity index (χ4v) is 1.86. The smallest absolute Gasteiger partial charge is 0.307 e. The summed E-state index contributed by atoms with van der Waals surface area (Å²) in [5, 5.41) is 6.27. The maximum absolute atomic E-state index is 11.5. The molecule has 1 aromatic rings. The quantitative estimate of drug-likeness (QED) is 0.609. The summed E-state index contributed by atoms with van der Waals surface area (Å²) in [5.41, 5.74) is 0.624. The van der Waals surface area contributed by atoms with Gasteiger partial charge in [0.1, 0.15) is 6.61 Å². The molecular weight excluding hydrogens is 250 g/mol. The largest absolute Gasteiger partial charge is 0.461 e. The average Bonchev–Trinajstić information content (AvgIpc) is 2.88. The zero-order valence-electron chi connectivity index (χ0n) is 10.3. The number of hydrogen-bond acceptors (Lipinski definition) is 4. The summed E-state index contributed by atoms with van der Waals surface area (Å²) in [6.45, 7) is 2.61. The van der Waals surface area contributed by atoms with Gasteiger partial charge < -0.3 is 10.1 Å². The second kappa shape index (κ2) is 8.47. The Kier molecular flexibility index (Phi) is 6.79. The van der Waals surface area contributed by atoms with Gasteiger partial charge in [0.15, 0.2) is 0 Å². The monoisotopic (exact) mass is 267 g/mol. The number of hydrogen-bond donors (Lipinski definition) is 1. The highest BCUT2D eigenvalue weighted by Gasteiger charge is 2.06. The molecule has 1 N–H and O–H groups in total. The molecular formula is C13H17NO3S. The van der Waals surface area contributed by atoms with Gasteiger partial charge in [-0.25, -0.2) is 0 Å². The van der Waals surface area contributed by atoms with Crippen molar-refractivity contribution in [3.05, 3.63) is 34.5 Å². The molecule has 1 heterocycles. The maximum atomic E-state index is 11.5. The van der Waals surface area contributed by atoms with Crippen molar-refractivity contribution >= 4 is 23.2 Å². The van der Waals surface area contributed by atoms with Gasteiger partial charge in [-0.2, -0.15) is 11.3 Å². The van der Waals surface area contributed by atoms with Crippen molar-refractivity contribution in [1.29, 1.82) is 0 Å². The first-order valence-electron chi connectivity index (χ1n) is 5.85. The van der Waals surface area contributed by atoms with Gasteiger partial charge in [-0.1, -0.05) is 19.1 Å². The standard InChI is InChI=1S/C13H17NO3S/c1-2-3-4-8-17-12(15)5-7-14-13(16)11-6-9-18-10-11/h3-4,6,9-10H,2,5,7-8H2,1H3,(H,14,16). The summed E-state index contributed by atoms with van der Waals surface area (Å²) < 4.78 is 4.94. The number of allylic oxidation sites excluding steroid dienone is 1. The summed E-state index contributed by atoms with van der Waals surface area (Å²) in [6, 6.07) is 1.74. The van der Waals surface area contributed by atoms with Crippen molar-refractivity contribution in [2.75, 3.05) is 13.2 Å². The van der Waals surface area contributed by atoms with E-state index in [2.05, 4.69) is 5.32 Å². The van der Waals surface area contributed by atoms with Gasteiger partial charge in [0.2, 0.25) is 0 Å². The van der Waals surface area contributed by atoms with Crippen molar-refractivity contribution < 1.29 is 14.3 Å². The molecule has 0 fully saturated rings. The van der Waals surface area contributed by atoms with Crippen molar-refractivity contribution in [1.82, 2.24) is 5.32 Å². The third-order valence-electron chi connectivity index (χ3n) is 2.14. The highest BCUT2D eigenvalue weighted by atomic mass is 32.1.